The molecule has 4 heteroatoms. The quantitative estimate of drug-likeness (QED) is 0.854. The van der Waals surface area contributed by atoms with Gasteiger partial charge in [0.05, 0.1) is 19.3 Å². The number of ether oxygens (including phenoxy) is 3. The predicted molar refractivity (Wildman–Crippen MR) is 104 cm³/mol. The van der Waals surface area contributed by atoms with Crippen molar-refractivity contribution in [2.75, 3.05) is 6.61 Å². The SMILES string of the molecule is C[C@@H]1[C@H](O)[C@H]2OC(C)(C)O[C@]23CCCC[C@H]3[C@]1(C)COCc1ccccc1. The van der Waals surface area contributed by atoms with Gasteiger partial charge in [0.25, 0.3) is 0 Å². The van der Waals surface area contributed by atoms with Gasteiger partial charge in [0.2, 0.25) is 0 Å². The molecule has 1 saturated heterocycles. The fourth-order valence-electron chi connectivity index (χ4n) is 5.99. The molecule has 150 valence electrons. The van der Waals surface area contributed by atoms with Crippen molar-refractivity contribution in [2.45, 2.75) is 83.6 Å². The van der Waals surface area contributed by atoms with E-state index >= 15 is 0 Å². The number of rotatable bonds is 4. The van der Waals surface area contributed by atoms with E-state index in [9.17, 15) is 5.11 Å². The van der Waals surface area contributed by atoms with Crippen LogP contribution in [-0.4, -0.2) is 35.3 Å². The summed E-state index contributed by atoms with van der Waals surface area (Å²) in [6.07, 6.45) is 3.64. The van der Waals surface area contributed by atoms with Crippen molar-refractivity contribution in [1.82, 2.24) is 0 Å². The number of aliphatic hydroxyl groups excluding tert-OH is 1. The zero-order valence-electron chi connectivity index (χ0n) is 17.1. The van der Waals surface area contributed by atoms with Gasteiger partial charge in [-0.15, -0.1) is 0 Å². The molecule has 6 atom stereocenters. The lowest BCUT2D eigenvalue weighted by Crippen LogP contribution is -2.67. The second-order valence-electron chi connectivity index (χ2n) is 9.56. The summed E-state index contributed by atoms with van der Waals surface area (Å²) in [6, 6.07) is 10.3. The van der Waals surface area contributed by atoms with E-state index in [1.165, 1.54) is 12.0 Å². The molecule has 3 fully saturated rings. The average molecular weight is 375 g/mol. The van der Waals surface area contributed by atoms with Crippen molar-refractivity contribution in [1.29, 1.82) is 0 Å². The van der Waals surface area contributed by atoms with Crippen LogP contribution in [-0.2, 0) is 20.8 Å². The molecule has 1 heterocycles. The van der Waals surface area contributed by atoms with Gasteiger partial charge < -0.3 is 19.3 Å². The first-order valence-electron chi connectivity index (χ1n) is 10.5. The van der Waals surface area contributed by atoms with E-state index in [0.717, 1.165) is 19.3 Å². The van der Waals surface area contributed by atoms with E-state index in [4.69, 9.17) is 14.2 Å². The van der Waals surface area contributed by atoms with E-state index in [1.807, 2.05) is 32.0 Å². The monoisotopic (exact) mass is 374 g/mol. The highest BCUT2D eigenvalue weighted by Gasteiger charge is 2.69. The molecule has 2 aliphatic carbocycles. The maximum atomic E-state index is 11.2. The predicted octanol–water partition coefficient (Wildman–Crippen LogP) is 4.30. The normalized spacial score (nSPS) is 43.1. The molecule has 0 radical (unpaired) electrons. The summed E-state index contributed by atoms with van der Waals surface area (Å²) >= 11 is 0. The minimum absolute atomic E-state index is 0.0898. The van der Waals surface area contributed by atoms with Gasteiger partial charge >= 0.3 is 0 Å². The van der Waals surface area contributed by atoms with E-state index in [-0.39, 0.29) is 17.4 Å². The van der Waals surface area contributed by atoms with Crippen molar-refractivity contribution in [3.05, 3.63) is 35.9 Å². The first kappa shape index (κ1) is 19.4. The Morgan fingerprint density at radius 1 is 1.15 bits per heavy atom. The maximum Gasteiger partial charge on any atom is 0.164 e. The summed E-state index contributed by atoms with van der Waals surface area (Å²) < 4.78 is 19.1. The van der Waals surface area contributed by atoms with Gasteiger partial charge in [0.15, 0.2) is 5.79 Å². The molecule has 0 amide bonds. The van der Waals surface area contributed by atoms with Crippen LogP contribution in [0.4, 0.5) is 0 Å². The topological polar surface area (TPSA) is 47.9 Å². The van der Waals surface area contributed by atoms with Crippen LogP contribution in [0.2, 0.25) is 0 Å². The van der Waals surface area contributed by atoms with Crippen LogP contribution >= 0.6 is 0 Å². The summed E-state index contributed by atoms with van der Waals surface area (Å²) in [6.45, 7) is 9.63. The van der Waals surface area contributed by atoms with Crippen molar-refractivity contribution in [2.24, 2.45) is 17.3 Å². The van der Waals surface area contributed by atoms with Crippen molar-refractivity contribution >= 4 is 0 Å². The molecule has 3 aliphatic rings. The second-order valence-corrected chi connectivity index (χ2v) is 9.56. The number of hydrogen-bond donors (Lipinski definition) is 1. The molecule has 4 nitrogen and oxygen atoms in total. The molecule has 0 bridgehead atoms. The second kappa shape index (κ2) is 6.84. The Bertz CT molecular complexity index is 660. The van der Waals surface area contributed by atoms with Crippen LogP contribution in [0.3, 0.4) is 0 Å². The Hall–Kier alpha value is -0.940. The van der Waals surface area contributed by atoms with Gasteiger partial charge in [0.1, 0.15) is 11.7 Å². The van der Waals surface area contributed by atoms with Crippen LogP contribution < -0.4 is 0 Å². The molecule has 1 aromatic rings. The van der Waals surface area contributed by atoms with Crippen molar-refractivity contribution in [3.63, 3.8) is 0 Å². The first-order valence-corrected chi connectivity index (χ1v) is 10.5. The molecule has 4 rings (SSSR count). The standard InChI is InChI=1S/C23H34O4/c1-16-19(24)20-23(27-21(2,3)26-20)13-9-8-12-18(23)22(16,4)15-25-14-17-10-6-5-7-11-17/h5-7,10-11,16,18-20,24H,8-9,12-15H2,1-4H3/t16-,18+,19+,20-,22-,23+/m1/s1. The Labute approximate surface area is 163 Å². The highest BCUT2D eigenvalue weighted by Crippen LogP contribution is 2.61. The molecular weight excluding hydrogens is 340 g/mol. The largest absolute Gasteiger partial charge is 0.390 e. The fraction of sp³-hybridized carbons (Fsp3) is 0.739. The number of hydrogen-bond acceptors (Lipinski definition) is 4. The molecule has 27 heavy (non-hydrogen) atoms. The van der Waals surface area contributed by atoms with Crippen molar-refractivity contribution in [3.8, 4) is 0 Å². The lowest BCUT2D eigenvalue weighted by molar-refractivity contribution is -0.228. The zero-order valence-corrected chi connectivity index (χ0v) is 17.1. The third-order valence-corrected chi connectivity index (χ3v) is 7.41. The summed E-state index contributed by atoms with van der Waals surface area (Å²) in [7, 11) is 0. The van der Waals surface area contributed by atoms with E-state index < -0.39 is 17.5 Å². The summed E-state index contributed by atoms with van der Waals surface area (Å²) in [5.41, 5.74) is 0.649. The van der Waals surface area contributed by atoms with Crippen LogP contribution in [0.25, 0.3) is 0 Å². The molecule has 1 aromatic carbocycles. The van der Waals surface area contributed by atoms with Gasteiger partial charge in [-0.1, -0.05) is 57.0 Å². The zero-order chi connectivity index (χ0) is 19.3. The van der Waals surface area contributed by atoms with Crippen molar-refractivity contribution < 1.29 is 19.3 Å². The van der Waals surface area contributed by atoms with Crippen LogP contribution in [0, 0.1) is 17.3 Å². The smallest absolute Gasteiger partial charge is 0.164 e. The number of aliphatic hydroxyl groups is 1. The van der Waals surface area contributed by atoms with Gasteiger partial charge in [-0.25, -0.2) is 0 Å². The Balaban J connectivity index is 1.59. The molecule has 0 aromatic heterocycles. The molecule has 2 saturated carbocycles. The van der Waals surface area contributed by atoms with Gasteiger partial charge in [-0.2, -0.15) is 0 Å². The van der Waals surface area contributed by atoms with E-state index in [1.54, 1.807) is 0 Å². The lowest BCUT2D eigenvalue weighted by Gasteiger charge is -2.59. The number of benzene rings is 1. The highest BCUT2D eigenvalue weighted by molar-refractivity contribution is 5.16. The molecule has 1 spiro atoms. The third kappa shape index (κ3) is 3.15. The lowest BCUT2D eigenvalue weighted by atomic mass is 9.50. The average Bonchev–Trinajstić information content (AvgIpc) is 2.91. The minimum Gasteiger partial charge on any atom is -0.390 e. The first-order chi connectivity index (χ1) is 12.8. The Kier molecular flexibility index (Phi) is 4.91. The Morgan fingerprint density at radius 3 is 2.63 bits per heavy atom. The molecular formula is C23H34O4. The maximum absolute atomic E-state index is 11.2. The Morgan fingerprint density at radius 2 is 1.89 bits per heavy atom. The fourth-order valence-corrected chi connectivity index (χ4v) is 5.99. The van der Waals surface area contributed by atoms with Gasteiger partial charge in [-0.3, -0.25) is 0 Å². The van der Waals surface area contributed by atoms with Crippen LogP contribution in [0.1, 0.15) is 58.9 Å². The molecule has 1 N–H and O–H groups in total. The van der Waals surface area contributed by atoms with Gasteiger partial charge in [-0.05, 0) is 44.1 Å². The summed E-state index contributed by atoms with van der Waals surface area (Å²) in [4.78, 5) is 0. The van der Waals surface area contributed by atoms with Crippen LogP contribution in [0.15, 0.2) is 30.3 Å². The third-order valence-electron chi connectivity index (χ3n) is 7.41. The van der Waals surface area contributed by atoms with Crippen LogP contribution in [0.5, 0.6) is 0 Å². The summed E-state index contributed by atoms with van der Waals surface area (Å²) in [5, 5.41) is 11.2. The molecule has 0 unspecified atom stereocenters. The van der Waals surface area contributed by atoms with Gasteiger partial charge in [0, 0.05) is 5.41 Å². The van der Waals surface area contributed by atoms with E-state index in [0.29, 0.717) is 19.1 Å². The molecule has 1 aliphatic heterocycles. The van der Waals surface area contributed by atoms with E-state index in [2.05, 4.69) is 26.0 Å². The summed E-state index contributed by atoms with van der Waals surface area (Å²) in [5.74, 6) is -0.219. The highest BCUT2D eigenvalue weighted by atomic mass is 16.8. The minimum atomic E-state index is -0.642.